The summed E-state index contributed by atoms with van der Waals surface area (Å²) in [7, 11) is 1.34. The highest BCUT2D eigenvalue weighted by molar-refractivity contribution is 5.98. The van der Waals surface area contributed by atoms with Gasteiger partial charge in [-0.15, -0.1) is 0 Å². The van der Waals surface area contributed by atoms with Crippen LogP contribution in [-0.4, -0.2) is 54.5 Å². The van der Waals surface area contributed by atoms with Gasteiger partial charge in [0.25, 0.3) is 0 Å². The van der Waals surface area contributed by atoms with Crippen molar-refractivity contribution in [3.8, 4) is 0 Å². The van der Waals surface area contributed by atoms with Gasteiger partial charge in [-0.3, -0.25) is 14.4 Å². The normalized spacial score (nSPS) is 10.6. The molecule has 34 heavy (non-hydrogen) atoms. The maximum Gasteiger partial charge on any atom is 0.305 e. The molecule has 1 aromatic heterocycles. The minimum Gasteiger partial charge on any atom is -0.469 e. The van der Waals surface area contributed by atoms with E-state index in [1.807, 2.05) is 36.4 Å². The van der Waals surface area contributed by atoms with Gasteiger partial charge >= 0.3 is 5.97 Å². The van der Waals surface area contributed by atoms with Crippen molar-refractivity contribution in [2.75, 3.05) is 37.0 Å². The molecule has 2 amide bonds. The van der Waals surface area contributed by atoms with Gasteiger partial charge in [-0.25, -0.2) is 4.98 Å². The van der Waals surface area contributed by atoms with E-state index >= 15 is 0 Å². The van der Waals surface area contributed by atoms with Crippen molar-refractivity contribution in [1.82, 2.24) is 15.3 Å². The Labute approximate surface area is 198 Å². The predicted octanol–water partition coefficient (Wildman–Crippen LogP) is 3.03. The van der Waals surface area contributed by atoms with Crippen LogP contribution in [0.1, 0.15) is 31.7 Å². The molecule has 3 rings (SSSR count). The van der Waals surface area contributed by atoms with Crippen LogP contribution in [0, 0.1) is 0 Å². The minimum absolute atomic E-state index is 0.0815. The molecule has 0 atom stereocenters. The molecule has 0 aliphatic heterocycles. The third-order valence-electron chi connectivity index (χ3n) is 5.40. The molecule has 0 radical (unpaired) electrons. The summed E-state index contributed by atoms with van der Waals surface area (Å²) in [6, 6.07) is 15.1. The second-order valence-electron chi connectivity index (χ2n) is 7.90. The Hall–Kier alpha value is -3.88. The van der Waals surface area contributed by atoms with Crippen LogP contribution in [0.25, 0.3) is 11.0 Å². The minimum atomic E-state index is -0.322. The number of nitrogens with one attached hydrogen (secondary N) is 3. The van der Waals surface area contributed by atoms with Gasteiger partial charge in [0.1, 0.15) is 6.54 Å². The molecule has 9 nitrogen and oxygen atoms in total. The highest BCUT2D eigenvalue weighted by Gasteiger charge is 2.19. The number of para-hydroxylation sites is 3. The Morgan fingerprint density at radius 2 is 1.76 bits per heavy atom. The number of ether oxygens (including phenoxy) is 1. The molecule has 0 bridgehead atoms. The number of aromatic amines is 1. The molecule has 3 aromatic rings. The van der Waals surface area contributed by atoms with Crippen LogP contribution in [0.3, 0.4) is 0 Å². The smallest absolute Gasteiger partial charge is 0.305 e. The van der Waals surface area contributed by atoms with E-state index in [2.05, 4.69) is 20.6 Å². The lowest BCUT2D eigenvalue weighted by Gasteiger charge is -2.23. The van der Waals surface area contributed by atoms with Crippen LogP contribution in [0.4, 0.5) is 11.6 Å². The van der Waals surface area contributed by atoms with E-state index in [-0.39, 0.29) is 30.7 Å². The lowest BCUT2D eigenvalue weighted by molar-refractivity contribution is -0.140. The van der Waals surface area contributed by atoms with Crippen LogP contribution in [0.2, 0.25) is 0 Å². The van der Waals surface area contributed by atoms with Gasteiger partial charge in [-0.1, -0.05) is 30.3 Å². The number of aromatic nitrogens is 2. The number of methoxy groups -OCH3 is 1. The number of esters is 1. The number of hydrogen-bond donors (Lipinski definition) is 3. The number of aryl methyl sites for hydroxylation is 1. The first kappa shape index (κ1) is 24.8. The standard InChI is InChI=1S/C25H31N5O4/c1-18(31)30(22-12-6-3-9-19(22)13-14-24(33)34-2)17-23(32)26-15-7-8-16-27-25-28-20-10-4-5-11-21(20)29-25/h3-6,9-12H,7-8,13-17H2,1-2H3,(H,26,32)(H2,27,28,29). The van der Waals surface area contributed by atoms with Crippen molar-refractivity contribution in [3.63, 3.8) is 0 Å². The van der Waals surface area contributed by atoms with Crippen molar-refractivity contribution in [1.29, 1.82) is 0 Å². The number of nitrogens with zero attached hydrogens (tertiary/aromatic N) is 2. The zero-order chi connectivity index (χ0) is 24.3. The van der Waals surface area contributed by atoms with Gasteiger partial charge in [0.05, 0.1) is 18.1 Å². The molecule has 0 spiro atoms. The number of fused-ring (bicyclic) bond motifs is 1. The van der Waals surface area contributed by atoms with Gasteiger partial charge in [-0.2, -0.15) is 0 Å². The zero-order valence-electron chi connectivity index (χ0n) is 19.6. The topological polar surface area (TPSA) is 116 Å². The van der Waals surface area contributed by atoms with Gasteiger partial charge in [0, 0.05) is 32.1 Å². The van der Waals surface area contributed by atoms with Crippen LogP contribution < -0.4 is 15.5 Å². The number of carbonyl (C=O) groups excluding carboxylic acids is 3. The molecule has 0 aliphatic carbocycles. The summed E-state index contributed by atoms with van der Waals surface area (Å²) >= 11 is 0. The lowest BCUT2D eigenvalue weighted by atomic mass is 10.1. The summed E-state index contributed by atoms with van der Waals surface area (Å²) in [5.74, 6) is -0.0659. The Balaban J connectivity index is 1.43. The van der Waals surface area contributed by atoms with Gasteiger partial charge in [0.2, 0.25) is 17.8 Å². The summed E-state index contributed by atoms with van der Waals surface area (Å²) < 4.78 is 4.70. The fraction of sp³-hybridized carbons (Fsp3) is 0.360. The highest BCUT2D eigenvalue weighted by Crippen LogP contribution is 2.22. The molecule has 9 heteroatoms. The van der Waals surface area contributed by atoms with E-state index in [0.717, 1.165) is 41.9 Å². The monoisotopic (exact) mass is 465 g/mol. The first-order valence-electron chi connectivity index (χ1n) is 11.4. The molecule has 1 heterocycles. The maximum atomic E-state index is 12.5. The molecule has 180 valence electrons. The van der Waals surface area contributed by atoms with Crippen molar-refractivity contribution >= 4 is 40.5 Å². The van der Waals surface area contributed by atoms with E-state index in [1.54, 1.807) is 12.1 Å². The first-order chi connectivity index (χ1) is 16.5. The number of amides is 2. The van der Waals surface area contributed by atoms with Gasteiger partial charge in [0.15, 0.2) is 0 Å². The Bertz CT molecular complexity index is 1090. The number of benzene rings is 2. The molecular formula is C25H31N5O4. The first-order valence-corrected chi connectivity index (χ1v) is 11.4. The van der Waals surface area contributed by atoms with Crippen LogP contribution in [0.15, 0.2) is 48.5 Å². The van der Waals surface area contributed by atoms with E-state index in [0.29, 0.717) is 18.7 Å². The van der Waals surface area contributed by atoms with Crippen molar-refractivity contribution < 1.29 is 19.1 Å². The molecular weight excluding hydrogens is 434 g/mol. The summed E-state index contributed by atoms with van der Waals surface area (Å²) in [4.78, 5) is 45.4. The SMILES string of the molecule is COC(=O)CCc1ccccc1N(CC(=O)NCCCCNc1nc2ccccc2[nH]1)C(C)=O. The molecule has 0 unspecified atom stereocenters. The van der Waals surface area contributed by atoms with Crippen LogP contribution in [-0.2, 0) is 25.5 Å². The van der Waals surface area contributed by atoms with Crippen molar-refractivity contribution in [2.24, 2.45) is 0 Å². The molecule has 3 N–H and O–H groups in total. The Morgan fingerprint density at radius 3 is 2.53 bits per heavy atom. The van der Waals surface area contributed by atoms with E-state index in [4.69, 9.17) is 4.74 Å². The fourth-order valence-corrected chi connectivity index (χ4v) is 3.61. The molecule has 2 aromatic carbocycles. The highest BCUT2D eigenvalue weighted by atomic mass is 16.5. The van der Waals surface area contributed by atoms with E-state index in [9.17, 15) is 14.4 Å². The summed E-state index contributed by atoms with van der Waals surface area (Å²) in [6.07, 6.45) is 2.26. The molecule has 0 fully saturated rings. The van der Waals surface area contributed by atoms with Gasteiger partial charge in [-0.05, 0) is 43.0 Å². The molecule has 0 saturated carbocycles. The summed E-state index contributed by atoms with van der Waals surface area (Å²) in [5.41, 5.74) is 3.34. The second kappa shape index (κ2) is 12.4. The lowest BCUT2D eigenvalue weighted by Crippen LogP contribution is -2.40. The summed E-state index contributed by atoms with van der Waals surface area (Å²) in [6.45, 7) is 2.58. The zero-order valence-corrected chi connectivity index (χ0v) is 19.6. The quantitative estimate of drug-likeness (QED) is 0.280. The van der Waals surface area contributed by atoms with Crippen molar-refractivity contribution in [2.45, 2.75) is 32.6 Å². The van der Waals surface area contributed by atoms with Crippen LogP contribution >= 0.6 is 0 Å². The number of anilines is 2. The number of imidazole rings is 1. The number of hydrogen-bond acceptors (Lipinski definition) is 6. The van der Waals surface area contributed by atoms with Gasteiger partial charge < -0.3 is 25.3 Å². The number of rotatable bonds is 12. The molecule has 0 saturated heterocycles. The number of H-pyrrole nitrogens is 1. The number of carbonyl (C=O) groups is 3. The second-order valence-corrected chi connectivity index (χ2v) is 7.90. The average molecular weight is 466 g/mol. The average Bonchev–Trinajstić information content (AvgIpc) is 3.26. The molecule has 0 aliphatic rings. The predicted molar refractivity (Wildman–Crippen MR) is 132 cm³/mol. The number of unbranched alkanes of at least 4 members (excludes halogenated alkanes) is 1. The summed E-state index contributed by atoms with van der Waals surface area (Å²) in [5, 5.41) is 6.13. The Morgan fingerprint density at radius 1 is 1.03 bits per heavy atom. The largest absolute Gasteiger partial charge is 0.469 e. The fourth-order valence-electron chi connectivity index (χ4n) is 3.61. The maximum absolute atomic E-state index is 12.5. The van der Waals surface area contributed by atoms with Crippen molar-refractivity contribution in [3.05, 3.63) is 54.1 Å². The Kier molecular flexibility index (Phi) is 9.02. The van der Waals surface area contributed by atoms with E-state index in [1.165, 1.54) is 18.9 Å². The third-order valence-corrected chi connectivity index (χ3v) is 5.40. The third kappa shape index (κ3) is 7.06. The van der Waals surface area contributed by atoms with E-state index < -0.39 is 0 Å². The van der Waals surface area contributed by atoms with Crippen LogP contribution in [0.5, 0.6) is 0 Å².